The number of hydrogen-bond acceptors (Lipinski definition) is 4. The molecule has 0 aromatic heterocycles. The molecular weight excluding hydrogens is 195 g/mol. The number of nitrogens with two attached hydrogens (primary N) is 2. The van der Waals surface area contributed by atoms with Gasteiger partial charge in [-0.25, -0.2) is 0 Å². The molecule has 0 heterocycles. The molecule has 11 heavy (non-hydrogen) atoms. The molecule has 0 unspecified atom stereocenters. The average molecular weight is 207 g/mol. The molecule has 0 rings (SSSR count). The second kappa shape index (κ2) is 8.03. The van der Waals surface area contributed by atoms with Gasteiger partial charge in [0.05, 0.1) is 6.10 Å². The molecule has 0 aromatic carbocycles. The maximum absolute atomic E-state index is 9.96. The van der Waals surface area contributed by atoms with Gasteiger partial charge in [0, 0.05) is 6.54 Å². The van der Waals surface area contributed by atoms with Crippen LogP contribution in [-0.4, -0.2) is 34.9 Å². The fourth-order valence-corrected chi connectivity index (χ4v) is 0.311. The fraction of sp³-hybridized carbons (Fsp3) is 0.750. The normalized spacial score (nSPS) is 13.7. The predicted octanol–water partition coefficient (Wildman–Crippen LogP) is -1.44. The smallest absolute Gasteiger partial charge is 0.323 e. The Morgan fingerprint density at radius 1 is 1.45 bits per heavy atom. The summed E-state index contributed by atoms with van der Waals surface area (Å²) in [5.74, 6) is -1.24. The Balaban J connectivity index is -0.000000320. The molecular formula is C4H12Cl2N2O3. The third kappa shape index (κ3) is 6.33. The SMILES string of the molecule is Cl.Cl.NC[C@@H](O)[C@H](N)C(=O)O. The molecule has 0 radical (unpaired) electrons. The third-order valence-corrected chi connectivity index (χ3v) is 0.941. The third-order valence-electron chi connectivity index (χ3n) is 0.941. The zero-order valence-corrected chi connectivity index (χ0v) is 7.27. The van der Waals surface area contributed by atoms with Gasteiger partial charge in [0.25, 0.3) is 0 Å². The van der Waals surface area contributed by atoms with E-state index in [2.05, 4.69) is 0 Å². The molecule has 5 nitrogen and oxygen atoms in total. The van der Waals surface area contributed by atoms with Crippen LogP contribution in [0.15, 0.2) is 0 Å². The van der Waals surface area contributed by atoms with Gasteiger partial charge in [0.2, 0.25) is 0 Å². The standard InChI is InChI=1S/C4H10N2O3.2ClH/c5-1-2(7)3(6)4(8)9;;/h2-3,7H,1,5-6H2,(H,8,9);2*1H/t2-,3+;;/m1../s1. The van der Waals surface area contributed by atoms with Crippen molar-refractivity contribution in [2.24, 2.45) is 11.5 Å². The lowest BCUT2D eigenvalue weighted by atomic mass is 10.2. The number of hydrogen-bond donors (Lipinski definition) is 4. The Bertz CT molecular complexity index is 114. The molecule has 0 saturated heterocycles. The quantitative estimate of drug-likeness (QED) is 0.453. The van der Waals surface area contributed by atoms with E-state index in [9.17, 15) is 4.79 Å². The van der Waals surface area contributed by atoms with Gasteiger partial charge in [-0.3, -0.25) is 4.79 Å². The van der Waals surface area contributed by atoms with Crippen LogP contribution < -0.4 is 11.5 Å². The molecule has 0 aromatic rings. The van der Waals surface area contributed by atoms with Crippen molar-refractivity contribution in [3.63, 3.8) is 0 Å². The summed E-state index contributed by atoms with van der Waals surface area (Å²) in [4.78, 5) is 9.96. The highest BCUT2D eigenvalue weighted by molar-refractivity contribution is 5.85. The van der Waals surface area contributed by atoms with Gasteiger partial charge in [0.1, 0.15) is 6.04 Å². The van der Waals surface area contributed by atoms with Crippen molar-refractivity contribution in [2.75, 3.05) is 6.54 Å². The van der Waals surface area contributed by atoms with Gasteiger partial charge >= 0.3 is 5.97 Å². The van der Waals surface area contributed by atoms with E-state index in [0.29, 0.717) is 0 Å². The Hall–Kier alpha value is -0.0700. The van der Waals surface area contributed by atoms with Crippen molar-refractivity contribution in [1.29, 1.82) is 0 Å². The largest absolute Gasteiger partial charge is 0.480 e. The lowest BCUT2D eigenvalue weighted by molar-refractivity contribution is -0.141. The van der Waals surface area contributed by atoms with Gasteiger partial charge in [0.15, 0.2) is 0 Å². The molecule has 0 aliphatic heterocycles. The average Bonchev–Trinajstić information content (AvgIpc) is 1.84. The summed E-state index contributed by atoms with van der Waals surface area (Å²) in [6.45, 7) is -0.131. The monoisotopic (exact) mass is 206 g/mol. The first-order valence-electron chi connectivity index (χ1n) is 2.46. The first-order valence-corrected chi connectivity index (χ1v) is 2.46. The van der Waals surface area contributed by atoms with Crippen molar-refractivity contribution in [1.82, 2.24) is 0 Å². The number of halogens is 2. The molecule has 7 heteroatoms. The molecule has 2 atom stereocenters. The van der Waals surface area contributed by atoms with Crippen LogP contribution in [0.4, 0.5) is 0 Å². The van der Waals surface area contributed by atoms with E-state index in [-0.39, 0.29) is 31.4 Å². The Labute approximate surface area is 76.6 Å². The van der Waals surface area contributed by atoms with Crippen LogP contribution in [0.3, 0.4) is 0 Å². The maximum atomic E-state index is 9.96. The topological polar surface area (TPSA) is 110 Å². The molecule has 0 aliphatic carbocycles. The van der Waals surface area contributed by atoms with Crippen molar-refractivity contribution in [2.45, 2.75) is 12.1 Å². The van der Waals surface area contributed by atoms with E-state index >= 15 is 0 Å². The highest BCUT2D eigenvalue weighted by Crippen LogP contribution is 1.85. The van der Waals surface area contributed by atoms with Crippen LogP contribution >= 0.6 is 24.8 Å². The summed E-state index contributed by atoms with van der Waals surface area (Å²) >= 11 is 0. The number of carboxylic acid groups (broad SMARTS) is 1. The molecule has 0 aliphatic rings. The highest BCUT2D eigenvalue weighted by Gasteiger charge is 2.19. The molecule has 0 spiro atoms. The van der Waals surface area contributed by atoms with Crippen LogP contribution in [0.25, 0.3) is 0 Å². The Kier molecular flexibility index (Phi) is 12.5. The molecule has 6 N–H and O–H groups in total. The summed E-state index contributed by atoms with van der Waals surface area (Å²) < 4.78 is 0. The molecule has 0 amide bonds. The minimum absolute atomic E-state index is 0. The number of carboxylic acids is 1. The summed E-state index contributed by atoms with van der Waals surface area (Å²) in [5, 5.41) is 16.8. The summed E-state index contributed by atoms with van der Waals surface area (Å²) in [6.07, 6.45) is -1.15. The zero-order chi connectivity index (χ0) is 7.44. The van der Waals surface area contributed by atoms with Crippen molar-refractivity contribution >= 4 is 30.8 Å². The van der Waals surface area contributed by atoms with E-state index < -0.39 is 18.1 Å². The molecule has 0 bridgehead atoms. The van der Waals surface area contributed by atoms with Crippen LogP contribution in [0, 0.1) is 0 Å². The number of carbonyl (C=O) groups is 1. The summed E-state index contributed by atoms with van der Waals surface area (Å²) in [5.41, 5.74) is 9.86. The zero-order valence-electron chi connectivity index (χ0n) is 5.64. The van der Waals surface area contributed by atoms with Crippen molar-refractivity contribution in [3.05, 3.63) is 0 Å². The first kappa shape index (κ1) is 17.1. The molecule has 0 saturated carbocycles. The Morgan fingerprint density at radius 2 is 1.82 bits per heavy atom. The van der Waals surface area contributed by atoms with E-state index in [1.807, 2.05) is 0 Å². The lowest BCUT2D eigenvalue weighted by Crippen LogP contribution is -2.45. The predicted molar refractivity (Wildman–Crippen MR) is 45.2 cm³/mol. The summed E-state index contributed by atoms with van der Waals surface area (Å²) in [6, 6.07) is -1.27. The van der Waals surface area contributed by atoms with E-state index in [4.69, 9.17) is 21.7 Å². The van der Waals surface area contributed by atoms with E-state index in [1.54, 1.807) is 0 Å². The number of aliphatic hydroxyl groups is 1. The number of aliphatic carboxylic acids is 1. The second-order valence-corrected chi connectivity index (χ2v) is 1.67. The minimum Gasteiger partial charge on any atom is -0.480 e. The molecule has 0 fully saturated rings. The van der Waals surface area contributed by atoms with E-state index in [0.717, 1.165) is 0 Å². The molecule has 70 valence electrons. The lowest BCUT2D eigenvalue weighted by Gasteiger charge is -2.10. The van der Waals surface area contributed by atoms with Crippen LogP contribution in [0.1, 0.15) is 0 Å². The van der Waals surface area contributed by atoms with Crippen LogP contribution in [0.2, 0.25) is 0 Å². The van der Waals surface area contributed by atoms with Gasteiger partial charge in [-0.15, -0.1) is 24.8 Å². The van der Waals surface area contributed by atoms with Gasteiger partial charge in [-0.05, 0) is 0 Å². The van der Waals surface area contributed by atoms with E-state index in [1.165, 1.54) is 0 Å². The minimum atomic E-state index is -1.27. The van der Waals surface area contributed by atoms with Crippen LogP contribution in [-0.2, 0) is 4.79 Å². The van der Waals surface area contributed by atoms with Gasteiger partial charge < -0.3 is 21.7 Å². The van der Waals surface area contributed by atoms with Crippen molar-refractivity contribution < 1.29 is 15.0 Å². The Morgan fingerprint density at radius 3 is 1.91 bits per heavy atom. The fourth-order valence-electron chi connectivity index (χ4n) is 0.311. The number of rotatable bonds is 3. The maximum Gasteiger partial charge on any atom is 0.323 e. The van der Waals surface area contributed by atoms with Gasteiger partial charge in [-0.1, -0.05) is 0 Å². The van der Waals surface area contributed by atoms with Crippen LogP contribution in [0.5, 0.6) is 0 Å². The second-order valence-electron chi connectivity index (χ2n) is 1.67. The highest BCUT2D eigenvalue weighted by atomic mass is 35.5. The number of aliphatic hydroxyl groups excluding tert-OH is 1. The van der Waals surface area contributed by atoms with Gasteiger partial charge in [-0.2, -0.15) is 0 Å². The summed E-state index contributed by atoms with van der Waals surface area (Å²) in [7, 11) is 0. The van der Waals surface area contributed by atoms with Crippen molar-refractivity contribution in [3.8, 4) is 0 Å². The first-order chi connectivity index (χ1) is 4.09.